The number of likely N-dealkylation sites (N-methyl/N-ethyl adjacent to an activating group) is 1. The highest BCUT2D eigenvalue weighted by Crippen LogP contribution is 2.28. The second kappa shape index (κ2) is 10.2. The molecule has 8 heteroatoms. The molecule has 28 heavy (non-hydrogen) atoms. The minimum absolute atomic E-state index is 0.117. The van der Waals surface area contributed by atoms with Gasteiger partial charge in [0.1, 0.15) is 17.2 Å². The fourth-order valence-electron chi connectivity index (χ4n) is 2.62. The van der Waals surface area contributed by atoms with Crippen LogP contribution in [0.15, 0.2) is 42.5 Å². The van der Waals surface area contributed by atoms with Crippen molar-refractivity contribution >= 4 is 23.2 Å². The van der Waals surface area contributed by atoms with Gasteiger partial charge in [0.25, 0.3) is 11.8 Å². The number of hydrogen-bond acceptors (Lipinski definition) is 5. The molecule has 2 rings (SSSR count). The maximum Gasteiger partial charge on any atom is 0.279 e. The fourth-order valence-corrected chi connectivity index (χ4v) is 2.62. The first-order valence-corrected chi connectivity index (χ1v) is 8.72. The summed E-state index contributed by atoms with van der Waals surface area (Å²) >= 11 is 0. The summed E-state index contributed by atoms with van der Waals surface area (Å²) < 4.78 is 15.6. The maximum atomic E-state index is 12.3. The number of ether oxygens (including phenoxy) is 3. The molecule has 0 heterocycles. The van der Waals surface area contributed by atoms with Crippen LogP contribution in [0.1, 0.15) is 0 Å². The highest BCUT2D eigenvalue weighted by Gasteiger charge is 2.16. The molecule has 0 spiro atoms. The molecule has 3 N–H and O–H groups in total. The lowest BCUT2D eigenvalue weighted by atomic mass is 10.2. The van der Waals surface area contributed by atoms with Crippen LogP contribution in [-0.2, 0) is 9.59 Å². The van der Waals surface area contributed by atoms with Crippen LogP contribution in [0.3, 0.4) is 0 Å². The van der Waals surface area contributed by atoms with E-state index in [1.165, 1.54) is 7.11 Å². The first kappa shape index (κ1) is 21.0. The predicted molar refractivity (Wildman–Crippen MR) is 106 cm³/mol. The molecule has 0 aliphatic carbocycles. The Labute approximate surface area is 164 Å². The predicted octanol–water partition coefficient (Wildman–Crippen LogP) is 0.804. The zero-order valence-electron chi connectivity index (χ0n) is 16.5. The summed E-state index contributed by atoms with van der Waals surface area (Å²) in [6.07, 6.45) is 0. The van der Waals surface area contributed by atoms with E-state index in [0.29, 0.717) is 28.6 Å². The number of carbonyl (C=O) groups excluding carboxylic acids is 2. The molecule has 1 unspecified atom stereocenters. The summed E-state index contributed by atoms with van der Waals surface area (Å²) in [5.74, 6) is 1.36. The second-order valence-corrected chi connectivity index (χ2v) is 6.21. The van der Waals surface area contributed by atoms with E-state index in [9.17, 15) is 9.59 Å². The molecule has 0 saturated carbocycles. The van der Waals surface area contributed by atoms with Crippen LogP contribution >= 0.6 is 0 Å². The number of nitrogens with one attached hydrogen (secondary N) is 3. The summed E-state index contributed by atoms with van der Waals surface area (Å²) in [6.45, 7) is 0.256. The number of carbonyl (C=O) groups is 2. The SMILES string of the molecule is COc1cccc(NC(=O)C[NH+](C)CC(=O)Nc2cc(OC)ccc2OC)c1. The molecule has 2 aromatic rings. The fraction of sp³-hybridized carbons (Fsp3) is 0.300. The van der Waals surface area contributed by atoms with Gasteiger partial charge in [0.05, 0.1) is 34.1 Å². The molecule has 0 bridgehead atoms. The van der Waals surface area contributed by atoms with Crippen LogP contribution in [-0.4, -0.2) is 53.3 Å². The summed E-state index contributed by atoms with van der Waals surface area (Å²) in [4.78, 5) is 25.3. The van der Waals surface area contributed by atoms with E-state index < -0.39 is 0 Å². The van der Waals surface area contributed by atoms with E-state index in [2.05, 4.69) is 10.6 Å². The monoisotopic (exact) mass is 388 g/mol. The molecular weight excluding hydrogens is 362 g/mol. The van der Waals surface area contributed by atoms with Gasteiger partial charge in [0, 0.05) is 17.8 Å². The minimum atomic E-state index is -0.238. The van der Waals surface area contributed by atoms with E-state index >= 15 is 0 Å². The summed E-state index contributed by atoms with van der Waals surface area (Å²) in [5.41, 5.74) is 1.16. The minimum Gasteiger partial charge on any atom is -0.497 e. The van der Waals surface area contributed by atoms with Crippen molar-refractivity contribution in [1.29, 1.82) is 0 Å². The molecule has 0 radical (unpaired) electrons. The van der Waals surface area contributed by atoms with E-state index in [-0.39, 0.29) is 24.9 Å². The summed E-state index contributed by atoms with van der Waals surface area (Å²) in [6, 6.07) is 12.2. The van der Waals surface area contributed by atoms with Crippen molar-refractivity contribution in [3.63, 3.8) is 0 Å². The van der Waals surface area contributed by atoms with Crippen molar-refractivity contribution in [2.75, 3.05) is 52.1 Å². The Morgan fingerprint density at radius 1 is 0.857 bits per heavy atom. The topological polar surface area (TPSA) is 90.3 Å². The number of benzene rings is 2. The Morgan fingerprint density at radius 2 is 1.50 bits per heavy atom. The molecule has 8 nitrogen and oxygen atoms in total. The van der Waals surface area contributed by atoms with Gasteiger partial charge in [-0.05, 0) is 24.3 Å². The largest absolute Gasteiger partial charge is 0.497 e. The van der Waals surface area contributed by atoms with Gasteiger partial charge in [-0.15, -0.1) is 0 Å². The Kier molecular flexibility index (Phi) is 7.65. The van der Waals surface area contributed by atoms with Gasteiger partial charge in [-0.1, -0.05) is 6.07 Å². The van der Waals surface area contributed by atoms with Crippen LogP contribution in [0, 0.1) is 0 Å². The molecular formula is C20H26N3O5+. The molecule has 0 fully saturated rings. The highest BCUT2D eigenvalue weighted by atomic mass is 16.5. The van der Waals surface area contributed by atoms with Crippen LogP contribution < -0.4 is 29.7 Å². The third-order valence-electron chi connectivity index (χ3n) is 3.96. The van der Waals surface area contributed by atoms with Crippen molar-refractivity contribution in [3.8, 4) is 17.2 Å². The number of quaternary nitrogens is 1. The Morgan fingerprint density at radius 3 is 2.14 bits per heavy atom. The quantitative estimate of drug-likeness (QED) is 0.591. The van der Waals surface area contributed by atoms with Gasteiger partial charge in [0.15, 0.2) is 13.1 Å². The molecule has 0 aromatic heterocycles. The molecule has 2 aromatic carbocycles. The van der Waals surface area contributed by atoms with Crippen molar-refractivity contribution in [1.82, 2.24) is 0 Å². The van der Waals surface area contributed by atoms with E-state index in [4.69, 9.17) is 14.2 Å². The van der Waals surface area contributed by atoms with E-state index in [1.807, 2.05) is 0 Å². The zero-order chi connectivity index (χ0) is 20.5. The molecule has 0 saturated heterocycles. The van der Waals surface area contributed by atoms with Gasteiger partial charge in [-0.25, -0.2) is 0 Å². The molecule has 150 valence electrons. The number of anilines is 2. The van der Waals surface area contributed by atoms with E-state index in [0.717, 1.165) is 4.90 Å². The van der Waals surface area contributed by atoms with Crippen LogP contribution in [0.25, 0.3) is 0 Å². The van der Waals surface area contributed by atoms with E-state index in [1.54, 1.807) is 63.7 Å². The Bertz CT molecular complexity index is 825. The number of amides is 2. The number of methoxy groups -OCH3 is 3. The summed E-state index contributed by atoms with van der Waals surface area (Å²) in [5, 5.41) is 5.59. The van der Waals surface area contributed by atoms with Gasteiger partial charge < -0.3 is 29.7 Å². The third-order valence-corrected chi connectivity index (χ3v) is 3.96. The lowest BCUT2D eigenvalue weighted by molar-refractivity contribution is -0.862. The molecule has 2 amide bonds. The van der Waals surface area contributed by atoms with Crippen LogP contribution in [0.5, 0.6) is 17.2 Å². The highest BCUT2D eigenvalue weighted by molar-refractivity contribution is 5.94. The van der Waals surface area contributed by atoms with Crippen LogP contribution in [0.2, 0.25) is 0 Å². The lowest BCUT2D eigenvalue weighted by Gasteiger charge is -2.15. The van der Waals surface area contributed by atoms with Crippen molar-refractivity contribution in [2.24, 2.45) is 0 Å². The second-order valence-electron chi connectivity index (χ2n) is 6.21. The van der Waals surface area contributed by atoms with Gasteiger partial charge in [0.2, 0.25) is 0 Å². The summed E-state index contributed by atoms with van der Waals surface area (Å²) in [7, 11) is 6.41. The van der Waals surface area contributed by atoms with Gasteiger partial charge >= 0.3 is 0 Å². The first-order valence-electron chi connectivity index (χ1n) is 8.72. The molecule has 0 aliphatic rings. The molecule has 1 atom stereocenters. The van der Waals surface area contributed by atoms with Crippen LogP contribution in [0.4, 0.5) is 11.4 Å². The average Bonchev–Trinajstić information content (AvgIpc) is 2.67. The standard InChI is InChI=1S/C20H25N3O5/c1-23(12-19(24)21-14-6-5-7-15(10-14)26-2)13-20(25)22-17-11-16(27-3)8-9-18(17)28-4/h5-11H,12-13H2,1-4H3,(H,21,24)(H,22,25)/p+1. The van der Waals surface area contributed by atoms with Gasteiger partial charge in [-0.2, -0.15) is 0 Å². The number of rotatable bonds is 9. The average molecular weight is 388 g/mol. The van der Waals surface area contributed by atoms with Gasteiger partial charge in [-0.3, -0.25) is 9.59 Å². The smallest absolute Gasteiger partial charge is 0.279 e. The number of hydrogen-bond donors (Lipinski definition) is 3. The van der Waals surface area contributed by atoms with Crippen molar-refractivity contribution in [3.05, 3.63) is 42.5 Å². The third kappa shape index (κ3) is 6.17. The Hall–Kier alpha value is -3.26. The lowest BCUT2D eigenvalue weighted by Crippen LogP contribution is -3.11. The first-order chi connectivity index (χ1) is 13.4. The molecule has 0 aliphatic heterocycles. The Balaban J connectivity index is 1.89. The maximum absolute atomic E-state index is 12.3. The zero-order valence-corrected chi connectivity index (χ0v) is 16.5. The normalized spacial score (nSPS) is 11.3. The van der Waals surface area contributed by atoms with Crippen molar-refractivity contribution < 1.29 is 28.7 Å². The van der Waals surface area contributed by atoms with Crippen molar-refractivity contribution in [2.45, 2.75) is 0 Å².